The van der Waals surface area contributed by atoms with E-state index in [1.54, 1.807) is 6.92 Å². The molecule has 0 aliphatic carbocycles. The first kappa shape index (κ1) is 16.0. The number of halogens is 1. The van der Waals surface area contributed by atoms with Crippen LogP contribution in [-0.2, 0) is 11.3 Å². The molecule has 0 saturated carbocycles. The maximum absolute atomic E-state index is 12.9. The predicted molar refractivity (Wildman–Crippen MR) is 92.3 cm³/mol. The molecule has 0 aliphatic heterocycles. The largest absolute Gasteiger partial charge is 0.481 e. The molecule has 1 amide bonds. The number of ether oxygens (including phenoxy) is 1. The van der Waals surface area contributed by atoms with E-state index in [-0.39, 0.29) is 11.7 Å². The molecular weight excluding hydrogens is 305 g/mol. The van der Waals surface area contributed by atoms with Crippen LogP contribution in [0.3, 0.4) is 0 Å². The van der Waals surface area contributed by atoms with E-state index >= 15 is 0 Å². The molecule has 0 unspecified atom stereocenters. The van der Waals surface area contributed by atoms with Gasteiger partial charge in [0.05, 0.1) is 0 Å². The van der Waals surface area contributed by atoms with Gasteiger partial charge in [-0.15, -0.1) is 0 Å². The minimum Gasteiger partial charge on any atom is -0.481 e. The molecule has 122 valence electrons. The molecule has 3 rings (SSSR count). The summed E-state index contributed by atoms with van der Waals surface area (Å²) in [5, 5.41) is 5.14. The van der Waals surface area contributed by atoms with Gasteiger partial charge in [0, 0.05) is 6.54 Å². The summed E-state index contributed by atoms with van der Waals surface area (Å²) in [7, 11) is 0. The van der Waals surface area contributed by atoms with Crippen LogP contribution in [0.15, 0.2) is 66.7 Å². The molecule has 0 heterocycles. The molecule has 24 heavy (non-hydrogen) atoms. The fourth-order valence-corrected chi connectivity index (χ4v) is 2.54. The van der Waals surface area contributed by atoms with Crippen molar-refractivity contribution in [2.75, 3.05) is 0 Å². The molecule has 3 aromatic rings. The van der Waals surface area contributed by atoms with Crippen molar-refractivity contribution in [2.45, 2.75) is 19.6 Å². The second-order valence-electron chi connectivity index (χ2n) is 5.57. The maximum Gasteiger partial charge on any atom is 0.261 e. The van der Waals surface area contributed by atoms with Gasteiger partial charge in [-0.1, -0.05) is 42.5 Å². The zero-order valence-electron chi connectivity index (χ0n) is 13.3. The fraction of sp³-hybridized carbons (Fsp3) is 0.150. The van der Waals surface area contributed by atoms with E-state index in [0.717, 1.165) is 16.3 Å². The first-order valence-electron chi connectivity index (χ1n) is 7.80. The van der Waals surface area contributed by atoms with E-state index in [1.165, 1.54) is 24.3 Å². The number of amides is 1. The molecule has 0 fully saturated rings. The molecule has 0 saturated heterocycles. The number of carbonyl (C=O) groups excluding carboxylic acids is 1. The lowest BCUT2D eigenvalue weighted by Crippen LogP contribution is -2.35. The van der Waals surface area contributed by atoms with Crippen LogP contribution < -0.4 is 10.1 Å². The van der Waals surface area contributed by atoms with Gasteiger partial charge in [-0.25, -0.2) is 4.39 Å². The topological polar surface area (TPSA) is 38.3 Å². The van der Waals surface area contributed by atoms with Gasteiger partial charge in [0.25, 0.3) is 5.91 Å². The van der Waals surface area contributed by atoms with E-state index in [4.69, 9.17) is 4.74 Å². The molecule has 0 aliphatic rings. The predicted octanol–water partition coefficient (Wildman–Crippen LogP) is 4.06. The van der Waals surface area contributed by atoms with Crippen molar-refractivity contribution < 1.29 is 13.9 Å². The molecule has 1 atom stereocenters. The number of hydrogen-bond donors (Lipinski definition) is 1. The Morgan fingerprint density at radius 2 is 1.75 bits per heavy atom. The third-order valence-electron chi connectivity index (χ3n) is 3.83. The normalized spacial score (nSPS) is 11.9. The van der Waals surface area contributed by atoms with Gasteiger partial charge in [0.15, 0.2) is 6.10 Å². The standard InChI is InChI=1S/C20H18FNO2/c1-14(24-18-11-9-17(21)10-12-18)20(23)22-13-16-7-4-6-15-5-2-3-8-19(15)16/h2-12,14H,13H2,1H3,(H,22,23)/t14-/m0/s1. The third-order valence-corrected chi connectivity index (χ3v) is 3.83. The minimum absolute atomic E-state index is 0.216. The summed E-state index contributed by atoms with van der Waals surface area (Å²) in [6.45, 7) is 2.10. The first-order chi connectivity index (χ1) is 11.6. The molecule has 0 radical (unpaired) electrons. The van der Waals surface area contributed by atoms with Gasteiger partial charge in [-0.2, -0.15) is 0 Å². The summed E-state index contributed by atoms with van der Waals surface area (Å²) < 4.78 is 18.4. The van der Waals surface area contributed by atoms with Gasteiger partial charge in [0.1, 0.15) is 11.6 Å². The lowest BCUT2D eigenvalue weighted by atomic mass is 10.0. The number of rotatable bonds is 5. The van der Waals surface area contributed by atoms with Crippen molar-refractivity contribution in [3.8, 4) is 5.75 Å². The van der Waals surface area contributed by atoms with E-state index < -0.39 is 6.10 Å². The van der Waals surface area contributed by atoms with Crippen LogP contribution in [0.5, 0.6) is 5.75 Å². The number of fused-ring (bicyclic) bond motifs is 1. The van der Waals surface area contributed by atoms with E-state index in [2.05, 4.69) is 5.32 Å². The highest BCUT2D eigenvalue weighted by atomic mass is 19.1. The number of carbonyl (C=O) groups is 1. The Balaban J connectivity index is 1.63. The van der Waals surface area contributed by atoms with Crippen molar-refractivity contribution >= 4 is 16.7 Å². The average Bonchev–Trinajstić information content (AvgIpc) is 2.61. The highest BCUT2D eigenvalue weighted by molar-refractivity contribution is 5.86. The summed E-state index contributed by atoms with van der Waals surface area (Å²) in [6.07, 6.45) is -0.662. The van der Waals surface area contributed by atoms with Crippen LogP contribution in [0.2, 0.25) is 0 Å². The van der Waals surface area contributed by atoms with E-state index in [0.29, 0.717) is 12.3 Å². The molecule has 4 heteroatoms. The molecular formula is C20H18FNO2. The van der Waals surface area contributed by atoms with E-state index in [9.17, 15) is 9.18 Å². The molecule has 3 aromatic carbocycles. The van der Waals surface area contributed by atoms with Crippen LogP contribution >= 0.6 is 0 Å². The second-order valence-corrected chi connectivity index (χ2v) is 5.57. The molecule has 0 bridgehead atoms. The van der Waals surface area contributed by atoms with Crippen molar-refractivity contribution in [1.82, 2.24) is 5.32 Å². The Kier molecular flexibility index (Phi) is 4.75. The smallest absolute Gasteiger partial charge is 0.261 e. The Labute approximate surface area is 140 Å². The quantitative estimate of drug-likeness (QED) is 0.769. The number of hydrogen-bond acceptors (Lipinski definition) is 2. The summed E-state index contributed by atoms with van der Waals surface area (Å²) in [5.41, 5.74) is 1.05. The number of benzene rings is 3. The summed E-state index contributed by atoms with van der Waals surface area (Å²) in [6, 6.07) is 19.7. The molecule has 0 aromatic heterocycles. The van der Waals surface area contributed by atoms with E-state index in [1.807, 2.05) is 42.5 Å². The molecule has 3 nitrogen and oxygen atoms in total. The highest BCUT2D eigenvalue weighted by Crippen LogP contribution is 2.18. The monoisotopic (exact) mass is 323 g/mol. The zero-order valence-corrected chi connectivity index (χ0v) is 13.3. The molecule has 0 spiro atoms. The Morgan fingerprint density at radius 3 is 2.54 bits per heavy atom. The van der Waals surface area contributed by atoms with Gasteiger partial charge in [-0.05, 0) is 47.5 Å². The highest BCUT2D eigenvalue weighted by Gasteiger charge is 2.14. The third kappa shape index (κ3) is 3.71. The summed E-state index contributed by atoms with van der Waals surface area (Å²) in [4.78, 5) is 12.2. The summed E-state index contributed by atoms with van der Waals surface area (Å²) in [5.74, 6) is -0.0909. The zero-order chi connectivity index (χ0) is 16.9. The lowest BCUT2D eigenvalue weighted by molar-refractivity contribution is -0.127. The van der Waals surface area contributed by atoms with Crippen molar-refractivity contribution in [3.63, 3.8) is 0 Å². The van der Waals surface area contributed by atoms with Crippen molar-refractivity contribution in [2.24, 2.45) is 0 Å². The van der Waals surface area contributed by atoms with Crippen molar-refractivity contribution in [1.29, 1.82) is 0 Å². The van der Waals surface area contributed by atoms with Crippen LogP contribution in [0.4, 0.5) is 4.39 Å². The first-order valence-corrected chi connectivity index (χ1v) is 7.80. The fourth-order valence-electron chi connectivity index (χ4n) is 2.54. The average molecular weight is 323 g/mol. The van der Waals surface area contributed by atoms with Crippen molar-refractivity contribution in [3.05, 3.63) is 78.1 Å². The van der Waals surface area contributed by atoms with Gasteiger partial charge < -0.3 is 10.1 Å². The van der Waals surface area contributed by atoms with Gasteiger partial charge in [-0.3, -0.25) is 4.79 Å². The van der Waals surface area contributed by atoms with Crippen LogP contribution in [0, 0.1) is 5.82 Å². The van der Waals surface area contributed by atoms with Crippen LogP contribution in [0.1, 0.15) is 12.5 Å². The Hall–Kier alpha value is -2.88. The van der Waals surface area contributed by atoms with Gasteiger partial charge in [0.2, 0.25) is 0 Å². The molecule has 1 N–H and O–H groups in total. The second kappa shape index (κ2) is 7.13. The van der Waals surface area contributed by atoms with Gasteiger partial charge >= 0.3 is 0 Å². The van der Waals surface area contributed by atoms with Crippen LogP contribution in [0.25, 0.3) is 10.8 Å². The SMILES string of the molecule is C[C@H](Oc1ccc(F)cc1)C(=O)NCc1cccc2ccccc12. The Morgan fingerprint density at radius 1 is 1.04 bits per heavy atom. The lowest BCUT2D eigenvalue weighted by Gasteiger charge is -2.15. The maximum atomic E-state index is 12.9. The minimum atomic E-state index is -0.662. The Bertz CT molecular complexity index is 840. The summed E-state index contributed by atoms with van der Waals surface area (Å²) >= 11 is 0. The van der Waals surface area contributed by atoms with Crippen LogP contribution in [-0.4, -0.2) is 12.0 Å². The number of nitrogens with one attached hydrogen (secondary N) is 1.